The fourth-order valence-corrected chi connectivity index (χ4v) is 1.20. The summed E-state index contributed by atoms with van der Waals surface area (Å²) in [5.74, 6) is -3.00. The fourth-order valence-electron chi connectivity index (χ4n) is 1.20. The summed E-state index contributed by atoms with van der Waals surface area (Å²) in [5.41, 5.74) is 2.82. The van der Waals surface area contributed by atoms with Crippen LogP contribution in [0.15, 0.2) is 12.1 Å². The molecule has 1 rings (SSSR count). The van der Waals surface area contributed by atoms with Gasteiger partial charge in [-0.1, -0.05) is 0 Å². The number of nitro benzene ring substituents is 1. The van der Waals surface area contributed by atoms with Crippen LogP contribution in [0.5, 0.6) is 0 Å². The number of carbonyl (C=O) groups excluding carboxylic acids is 1. The van der Waals surface area contributed by atoms with E-state index in [0.29, 0.717) is 12.1 Å². The minimum absolute atomic E-state index is 0.0323. The van der Waals surface area contributed by atoms with E-state index in [9.17, 15) is 23.7 Å². The zero-order chi connectivity index (χ0) is 14.8. The maximum Gasteiger partial charge on any atom is 0.298 e. The normalized spacial score (nSPS) is 11.2. The van der Waals surface area contributed by atoms with Crippen molar-refractivity contribution in [1.82, 2.24) is 0 Å². The number of nitro groups is 1. The molecule has 1 amide bonds. The topological polar surface area (TPSA) is 98.3 Å². The lowest BCUT2D eigenvalue weighted by molar-refractivity contribution is -0.384. The molecule has 3 N–H and O–H groups in total. The Hall–Kier alpha value is -2.09. The number of nitrogens with one attached hydrogen (secondary N) is 1. The summed E-state index contributed by atoms with van der Waals surface area (Å²) in [6.45, 7) is 2.96. The van der Waals surface area contributed by atoms with Crippen LogP contribution in [-0.2, 0) is 4.79 Å². The molecule has 1 aromatic carbocycles. The Labute approximate surface area is 107 Å². The zero-order valence-corrected chi connectivity index (χ0v) is 10.4. The average Bonchev–Trinajstić information content (AvgIpc) is 2.31. The van der Waals surface area contributed by atoms with Gasteiger partial charge in [-0.05, 0) is 13.8 Å². The van der Waals surface area contributed by atoms with Crippen molar-refractivity contribution in [2.75, 3.05) is 11.9 Å². The van der Waals surface area contributed by atoms with Crippen molar-refractivity contribution in [2.24, 2.45) is 11.1 Å². The molecule has 0 bridgehead atoms. The smallest absolute Gasteiger partial charge is 0.298 e. The van der Waals surface area contributed by atoms with Crippen molar-refractivity contribution in [3.63, 3.8) is 0 Å². The predicted octanol–water partition coefficient (Wildman–Crippen LogP) is 1.80. The Balaban J connectivity index is 3.21. The highest BCUT2D eigenvalue weighted by Crippen LogP contribution is 2.30. The first-order valence-electron chi connectivity index (χ1n) is 5.34. The van der Waals surface area contributed by atoms with Gasteiger partial charge < -0.3 is 11.1 Å². The molecule has 0 aliphatic carbocycles. The second-order valence-corrected chi connectivity index (χ2v) is 4.58. The second kappa shape index (κ2) is 5.27. The maximum absolute atomic E-state index is 13.5. The molecule has 0 saturated heterocycles. The molecule has 0 spiro atoms. The van der Waals surface area contributed by atoms with E-state index in [4.69, 9.17) is 5.73 Å². The van der Waals surface area contributed by atoms with E-state index in [-0.39, 0.29) is 6.54 Å². The molecule has 104 valence electrons. The number of halogens is 2. The van der Waals surface area contributed by atoms with E-state index in [2.05, 4.69) is 5.32 Å². The molecule has 0 aliphatic heterocycles. The highest BCUT2D eigenvalue weighted by Gasteiger charge is 2.30. The molecule has 0 atom stereocenters. The summed E-state index contributed by atoms with van der Waals surface area (Å²) in [7, 11) is 0. The summed E-state index contributed by atoms with van der Waals surface area (Å²) in [6, 6.07) is 0.992. The Morgan fingerprint density at radius 2 is 2.05 bits per heavy atom. The minimum atomic E-state index is -1.21. The summed E-state index contributed by atoms with van der Waals surface area (Å²) < 4.78 is 26.5. The van der Waals surface area contributed by atoms with Gasteiger partial charge in [-0.25, -0.2) is 8.78 Å². The van der Waals surface area contributed by atoms with Gasteiger partial charge in [-0.3, -0.25) is 14.9 Å². The number of hydrogen-bond donors (Lipinski definition) is 2. The van der Waals surface area contributed by atoms with Crippen LogP contribution in [0.1, 0.15) is 13.8 Å². The Morgan fingerprint density at radius 1 is 1.47 bits per heavy atom. The summed E-state index contributed by atoms with van der Waals surface area (Å²) in [5, 5.41) is 12.8. The number of rotatable bonds is 4. The van der Waals surface area contributed by atoms with Crippen LogP contribution in [0.25, 0.3) is 0 Å². The van der Waals surface area contributed by atoms with E-state index in [1.807, 2.05) is 0 Å². The molecule has 0 radical (unpaired) electrons. The van der Waals surface area contributed by atoms with E-state index >= 15 is 0 Å². The summed E-state index contributed by atoms with van der Waals surface area (Å²) in [4.78, 5) is 21.6. The third kappa shape index (κ3) is 3.22. The molecular formula is C11H13F2N3O3. The third-order valence-corrected chi connectivity index (χ3v) is 2.59. The number of carbonyl (C=O) groups is 1. The zero-order valence-electron chi connectivity index (χ0n) is 10.4. The van der Waals surface area contributed by atoms with Crippen molar-refractivity contribution < 1.29 is 18.5 Å². The molecule has 0 fully saturated rings. The Bertz CT molecular complexity index is 532. The molecule has 0 heterocycles. The standard InChI is InChI=1S/C11H13F2N3O3/c1-11(2,5-14)10(17)15-9-7(13)3-6(12)4-8(9)16(18)19/h3-4H,5,14H2,1-2H3,(H,15,17). The molecule has 0 aromatic heterocycles. The van der Waals surface area contributed by atoms with Crippen molar-refractivity contribution >= 4 is 17.3 Å². The van der Waals surface area contributed by atoms with Gasteiger partial charge in [-0.2, -0.15) is 0 Å². The predicted molar refractivity (Wildman–Crippen MR) is 64.5 cm³/mol. The van der Waals surface area contributed by atoms with Crippen molar-refractivity contribution in [2.45, 2.75) is 13.8 Å². The van der Waals surface area contributed by atoms with Crippen molar-refractivity contribution in [1.29, 1.82) is 0 Å². The van der Waals surface area contributed by atoms with E-state index in [0.717, 1.165) is 0 Å². The lowest BCUT2D eigenvalue weighted by Crippen LogP contribution is -2.37. The minimum Gasteiger partial charge on any atom is -0.329 e. The van der Waals surface area contributed by atoms with Gasteiger partial charge in [0.2, 0.25) is 5.91 Å². The number of amides is 1. The van der Waals surface area contributed by atoms with Crippen LogP contribution in [0, 0.1) is 27.2 Å². The molecule has 19 heavy (non-hydrogen) atoms. The monoisotopic (exact) mass is 273 g/mol. The number of nitrogens with two attached hydrogens (primary N) is 1. The van der Waals surface area contributed by atoms with Crippen LogP contribution < -0.4 is 11.1 Å². The first kappa shape index (κ1) is 15.0. The van der Waals surface area contributed by atoms with E-state index in [1.54, 1.807) is 0 Å². The lowest BCUT2D eigenvalue weighted by atomic mass is 9.92. The van der Waals surface area contributed by atoms with Gasteiger partial charge in [0.1, 0.15) is 5.82 Å². The van der Waals surface area contributed by atoms with Gasteiger partial charge in [0.25, 0.3) is 5.69 Å². The Kier molecular flexibility index (Phi) is 4.15. The second-order valence-electron chi connectivity index (χ2n) is 4.58. The molecule has 8 heteroatoms. The number of anilines is 1. The third-order valence-electron chi connectivity index (χ3n) is 2.59. The fraction of sp³-hybridized carbons (Fsp3) is 0.364. The largest absolute Gasteiger partial charge is 0.329 e. The summed E-state index contributed by atoms with van der Waals surface area (Å²) in [6.07, 6.45) is 0. The SMILES string of the molecule is CC(C)(CN)C(=O)Nc1c(F)cc(F)cc1[N+](=O)[O-]. The first-order valence-corrected chi connectivity index (χ1v) is 5.34. The molecule has 0 aliphatic rings. The highest BCUT2D eigenvalue weighted by atomic mass is 19.1. The van der Waals surface area contributed by atoms with Crippen molar-refractivity contribution in [3.8, 4) is 0 Å². The lowest BCUT2D eigenvalue weighted by Gasteiger charge is -2.21. The van der Waals surface area contributed by atoms with Crippen LogP contribution in [-0.4, -0.2) is 17.4 Å². The number of nitrogens with zero attached hydrogens (tertiary/aromatic N) is 1. The van der Waals surface area contributed by atoms with Gasteiger partial charge in [0.15, 0.2) is 11.5 Å². The van der Waals surface area contributed by atoms with Crippen molar-refractivity contribution in [3.05, 3.63) is 33.9 Å². The number of hydrogen-bond acceptors (Lipinski definition) is 4. The highest BCUT2D eigenvalue weighted by molar-refractivity contribution is 5.97. The Morgan fingerprint density at radius 3 is 2.53 bits per heavy atom. The van der Waals surface area contributed by atoms with Crippen LogP contribution in [0.3, 0.4) is 0 Å². The van der Waals surface area contributed by atoms with Crippen LogP contribution in [0.4, 0.5) is 20.2 Å². The van der Waals surface area contributed by atoms with Gasteiger partial charge in [0, 0.05) is 12.6 Å². The van der Waals surface area contributed by atoms with E-state index in [1.165, 1.54) is 13.8 Å². The van der Waals surface area contributed by atoms with Gasteiger partial charge in [-0.15, -0.1) is 0 Å². The molecular weight excluding hydrogens is 260 g/mol. The van der Waals surface area contributed by atoms with Crippen LogP contribution in [0.2, 0.25) is 0 Å². The molecule has 6 nitrogen and oxygen atoms in total. The molecule has 1 aromatic rings. The van der Waals surface area contributed by atoms with Crippen LogP contribution >= 0.6 is 0 Å². The quantitative estimate of drug-likeness (QED) is 0.645. The average molecular weight is 273 g/mol. The van der Waals surface area contributed by atoms with Gasteiger partial charge in [0.05, 0.1) is 16.4 Å². The number of benzene rings is 1. The first-order chi connectivity index (χ1) is 8.69. The van der Waals surface area contributed by atoms with E-state index < -0.39 is 39.3 Å². The molecule has 0 unspecified atom stereocenters. The van der Waals surface area contributed by atoms with Gasteiger partial charge >= 0.3 is 0 Å². The summed E-state index contributed by atoms with van der Waals surface area (Å²) >= 11 is 0. The molecule has 0 saturated carbocycles. The maximum atomic E-state index is 13.5.